The SMILES string of the molecule is C=C1[C@H](OC(=O)c2ccccc2)[C@H]2[C@@H](OC(C)=O)[C@](C)(O)[C@H](O)[C@]2(OC(C)=O)C(=O)[C@@H](C)[C@H]2O[C@@H]2C(C)(C)C(=O)[C@H](O)[C@H]1OC(=O)c1ccccc1. The predicted octanol–water partition coefficient (Wildman–Crippen LogP) is 1.91. The number of esters is 4. The quantitative estimate of drug-likeness (QED) is 0.168. The standard InChI is InChI=1S/C38H42O14/c1-18-26(50-33(44)22-14-10-8-11-15-22)24-31(48-20(3)39)37(7,47)35(46)38(24,52-21(4)40)29(42)19(2)28-32(49-28)36(5,6)30(43)25(41)27(18)51-34(45)23-16-12-9-13-17-23/h8-17,19,24-28,31-32,35,41,46-47H,1H2,2-7H3/t19-,24-,25+,26-,27-,28+,31+,32-,35-,37-,38+/m0/s1. The maximum absolute atomic E-state index is 14.9. The molecule has 14 heteroatoms. The van der Waals surface area contributed by atoms with Crippen LogP contribution in [0, 0.1) is 17.3 Å². The van der Waals surface area contributed by atoms with Gasteiger partial charge in [0.2, 0.25) is 5.60 Å². The average molecular weight is 723 g/mol. The maximum atomic E-state index is 14.9. The first kappa shape index (κ1) is 38.5. The van der Waals surface area contributed by atoms with Gasteiger partial charge in [0.1, 0.15) is 23.9 Å². The summed E-state index contributed by atoms with van der Waals surface area (Å²) in [6, 6.07) is 15.0. The fourth-order valence-electron chi connectivity index (χ4n) is 7.47. The van der Waals surface area contributed by atoms with Crippen molar-refractivity contribution in [2.75, 3.05) is 0 Å². The molecule has 278 valence electrons. The summed E-state index contributed by atoms with van der Waals surface area (Å²) in [5.41, 5.74) is -7.57. The third kappa shape index (κ3) is 6.55. The first-order valence-electron chi connectivity index (χ1n) is 16.7. The number of ether oxygens (including phenoxy) is 5. The molecule has 2 aromatic carbocycles. The normalized spacial score (nSPS) is 35.5. The van der Waals surface area contributed by atoms with Gasteiger partial charge in [0.15, 0.2) is 23.8 Å². The lowest BCUT2D eigenvalue weighted by Crippen LogP contribution is -2.63. The first-order valence-corrected chi connectivity index (χ1v) is 16.7. The Kier molecular flexibility index (Phi) is 10.4. The molecule has 1 heterocycles. The van der Waals surface area contributed by atoms with Crippen LogP contribution in [0.2, 0.25) is 0 Å². The van der Waals surface area contributed by atoms with Crippen LogP contribution in [-0.2, 0) is 42.9 Å². The molecule has 1 saturated heterocycles. The lowest BCUT2D eigenvalue weighted by molar-refractivity contribution is -0.196. The third-order valence-electron chi connectivity index (χ3n) is 10.2. The fraction of sp³-hybridized carbons (Fsp3) is 0.474. The van der Waals surface area contributed by atoms with E-state index in [0.717, 1.165) is 20.8 Å². The maximum Gasteiger partial charge on any atom is 0.338 e. The fourth-order valence-corrected chi connectivity index (χ4v) is 7.47. The van der Waals surface area contributed by atoms with Crippen LogP contribution in [0.5, 0.6) is 0 Å². The summed E-state index contributed by atoms with van der Waals surface area (Å²) in [4.78, 5) is 82.1. The molecule has 2 aromatic rings. The van der Waals surface area contributed by atoms with Crippen LogP contribution >= 0.6 is 0 Å². The van der Waals surface area contributed by atoms with E-state index in [1.807, 2.05) is 0 Å². The number of Topliss-reactive ketones (excluding diaryl/α,β-unsaturated/α-hetero) is 2. The summed E-state index contributed by atoms with van der Waals surface area (Å²) in [7, 11) is 0. The molecule has 0 amide bonds. The molecular formula is C38H42O14. The van der Waals surface area contributed by atoms with Gasteiger partial charge in [-0.2, -0.15) is 0 Å². The first-order chi connectivity index (χ1) is 24.3. The predicted molar refractivity (Wildman–Crippen MR) is 178 cm³/mol. The summed E-state index contributed by atoms with van der Waals surface area (Å²) in [6.07, 6.45) is -12.7. The van der Waals surface area contributed by atoms with Gasteiger partial charge in [-0.05, 0) is 31.2 Å². The van der Waals surface area contributed by atoms with Crippen molar-refractivity contribution in [3.63, 3.8) is 0 Å². The molecule has 2 saturated carbocycles. The van der Waals surface area contributed by atoms with Crippen LogP contribution in [-0.4, -0.2) is 105 Å². The molecule has 0 bridgehead atoms. The number of rotatable bonds is 6. The second-order valence-corrected chi connectivity index (χ2v) is 14.2. The summed E-state index contributed by atoms with van der Waals surface area (Å²) >= 11 is 0. The van der Waals surface area contributed by atoms with Crippen LogP contribution in [0.25, 0.3) is 0 Å². The van der Waals surface area contributed by atoms with Crippen LogP contribution < -0.4 is 0 Å². The molecule has 14 nitrogen and oxygen atoms in total. The zero-order valence-electron chi connectivity index (χ0n) is 29.5. The van der Waals surface area contributed by atoms with Crippen molar-refractivity contribution < 1.29 is 67.8 Å². The minimum Gasteiger partial charge on any atom is -0.459 e. The topological polar surface area (TPSA) is 213 Å². The number of benzene rings is 2. The smallest absolute Gasteiger partial charge is 0.338 e. The molecule has 11 atom stereocenters. The van der Waals surface area contributed by atoms with Crippen molar-refractivity contribution in [3.8, 4) is 0 Å². The Morgan fingerprint density at radius 3 is 1.75 bits per heavy atom. The molecule has 1 aliphatic heterocycles. The van der Waals surface area contributed by atoms with Gasteiger partial charge in [0.25, 0.3) is 0 Å². The molecule has 3 fully saturated rings. The monoisotopic (exact) mass is 722 g/mol. The Morgan fingerprint density at radius 2 is 1.27 bits per heavy atom. The molecular weight excluding hydrogens is 680 g/mol. The highest BCUT2D eigenvalue weighted by Crippen LogP contribution is 2.55. The van der Waals surface area contributed by atoms with Crippen molar-refractivity contribution in [3.05, 3.63) is 83.9 Å². The van der Waals surface area contributed by atoms with Crippen molar-refractivity contribution in [2.45, 2.75) is 95.5 Å². The largest absolute Gasteiger partial charge is 0.459 e. The van der Waals surface area contributed by atoms with Gasteiger partial charge in [-0.15, -0.1) is 0 Å². The highest BCUT2D eigenvalue weighted by atomic mass is 16.6. The zero-order chi connectivity index (χ0) is 38.5. The molecule has 3 N–H and O–H groups in total. The molecule has 2 aliphatic carbocycles. The zero-order valence-corrected chi connectivity index (χ0v) is 29.5. The van der Waals surface area contributed by atoms with Gasteiger partial charge in [-0.25, -0.2) is 9.59 Å². The third-order valence-corrected chi connectivity index (χ3v) is 10.2. The second kappa shape index (κ2) is 14.0. The molecule has 5 rings (SSSR count). The second-order valence-electron chi connectivity index (χ2n) is 14.2. The van der Waals surface area contributed by atoms with Gasteiger partial charge >= 0.3 is 23.9 Å². The van der Waals surface area contributed by atoms with Gasteiger partial charge < -0.3 is 39.0 Å². The van der Waals surface area contributed by atoms with Crippen LogP contribution in [0.1, 0.15) is 62.3 Å². The minimum atomic E-state index is -2.86. The van der Waals surface area contributed by atoms with Crippen LogP contribution in [0.3, 0.4) is 0 Å². The molecule has 0 radical (unpaired) electrons. The van der Waals surface area contributed by atoms with Crippen molar-refractivity contribution in [1.29, 1.82) is 0 Å². The molecule has 3 aliphatic rings. The summed E-state index contributed by atoms with van der Waals surface area (Å²) < 4.78 is 28.9. The van der Waals surface area contributed by atoms with Gasteiger partial charge in [-0.1, -0.05) is 63.7 Å². The number of ketones is 2. The van der Waals surface area contributed by atoms with Gasteiger partial charge in [-0.3, -0.25) is 19.2 Å². The van der Waals surface area contributed by atoms with Gasteiger partial charge in [0, 0.05) is 25.3 Å². The number of carbonyl (C=O) groups is 6. The highest BCUT2D eigenvalue weighted by molar-refractivity contribution is 5.96. The van der Waals surface area contributed by atoms with Crippen LogP contribution in [0.15, 0.2) is 72.8 Å². The lowest BCUT2D eigenvalue weighted by atomic mass is 9.70. The Bertz CT molecular complexity index is 1770. The molecule has 0 spiro atoms. The average Bonchev–Trinajstić information content (AvgIpc) is 3.90. The number of aliphatic hydroxyl groups excluding tert-OH is 2. The number of hydrogen-bond acceptors (Lipinski definition) is 14. The summed E-state index contributed by atoms with van der Waals surface area (Å²) in [5, 5.41) is 35.8. The molecule has 0 aromatic heterocycles. The minimum absolute atomic E-state index is 0.000907. The number of carbonyl (C=O) groups excluding carboxylic acids is 6. The molecule has 0 unspecified atom stereocenters. The molecule has 52 heavy (non-hydrogen) atoms. The number of epoxide rings is 1. The van der Waals surface area contributed by atoms with Crippen LogP contribution in [0.4, 0.5) is 0 Å². The Morgan fingerprint density at radius 1 is 0.769 bits per heavy atom. The van der Waals surface area contributed by atoms with E-state index in [0.29, 0.717) is 0 Å². The summed E-state index contributed by atoms with van der Waals surface area (Å²) in [5.74, 6) is -9.48. The van der Waals surface area contributed by atoms with Crippen molar-refractivity contribution >= 4 is 35.4 Å². The number of fused-ring (bicyclic) bond motifs is 2. The highest BCUT2D eigenvalue weighted by Gasteiger charge is 2.77. The van der Waals surface area contributed by atoms with E-state index >= 15 is 0 Å². The Labute approximate surface area is 299 Å². The Balaban J connectivity index is 1.82. The van der Waals surface area contributed by atoms with Crippen molar-refractivity contribution in [2.24, 2.45) is 17.3 Å². The Hall–Kier alpha value is -4.76. The van der Waals surface area contributed by atoms with E-state index in [-0.39, 0.29) is 11.1 Å². The van der Waals surface area contributed by atoms with E-state index in [4.69, 9.17) is 23.7 Å². The van der Waals surface area contributed by atoms with E-state index in [9.17, 15) is 44.1 Å². The number of aliphatic hydroxyl groups is 3. The lowest BCUT2D eigenvalue weighted by Gasteiger charge is -2.43. The number of hydrogen-bond donors (Lipinski definition) is 3. The summed E-state index contributed by atoms with van der Waals surface area (Å²) in [6.45, 7) is 11.3. The van der Waals surface area contributed by atoms with Gasteiger partial charge in [0.05, 0.1) is 34.7 Å². The van der Waals surface area contributed by atoms with E-state index in [2.05, 4.69) is 6.58 Å². The van der Waals surface area contributed by atoms with E-state index in [1.165, 1.54) is 69.3 Å². The van der Waals surface area contributed by atoms with Crippen molar-refractivity contribution in [1.82, 2.24) is 0 Å². The van der Waals surface area contributed by atoms with E-state index < -0.39 is 112 Å². The van der Waals surface area contributed by atoms with E-state index in [1.54, 1.807) is 12.1 Å².